The average Bonchev–Trinajstić information content (AvgIpc) is 2.15. The molecule has 1 aromatic carbocycles. The van der Waals surface area contributed by atoms with Crippen LogP contribution in [0.25, 0.3) is 0 Å². The Balaban J connectivity index is 2.69. The zero-order valence-electron chi connectivity index (χ0n) is 9.49. The third-order valence-corrected chi connectivity index (χ3v) is 3.10. The van der Waals surface area contributed by atoms with Gasteiger partial charge in [-0.25, -0.2) is 0 Å². The molecule has 0 saturated heterocycles. The van der Waals surface area contributed by atoms with Crippen molar-refractivity contribution >= 4 is 29.2 Å². The van der Waals surface area contributed by atoms with Crippen molar-refractivity contribution in [2.24, 2.45) is 11.7 Å². The van der Waals surface area contributed by atoms with Gasteiger partial charge in [-0.1, -0.05) is 36.2 Å². The minimum absolute atomic E-state index is 0.00856. The summed E-state index contributed by atoms with van der Waals surface area (Å²) in [6.45, 7) is 1.86. The number of nitrogens with two attached hydrogens (primary N) is 1. The molecule has 1 rings (SSSR count). The molecule has 5 heteroatoms. The van der Waals surface area contributed by atoms with E-state index in [2.05, 4.69) is 0 Å². The fourth-order valence-electron chi connectivity index (χ4n) is 1.74. The van der Waals surface area contributed by atoms with Gasteiger partial charge < -0.3 is 10.8 Å². The van der Waals surface area contributed by atoms with Crippen LogP contribution >= 0.6 is 23.2 Å². The first-order valence-electron chi connectivity index (χ1n) is 5.32. The Morgan fingerprint density at radius 2 is 2.12 bits per heavy atom. The largest absolute Gasteiger partial charge is 0.481 e. The van der Waals surface area contributed by atoms with E-state index in [9.17, 15) is 4.79 Å². The molecule has 2 unspecified atom stereocenters. The molecule has 2 atom stereocenters. The number of carboxylic acids is 1. The van der Waals surface area contributed by atoms with Crippen molar-refractivity contribution in [3.63, 3.8) is 0 Å². The third kappa shape index (κ3) is 4.54. The lowest BCUT2D eigenvalue weighted by molar-refractivity contribution is -0.138. The second-order valence-electron chi connectivity index (χ2n) is 4.21. The molecule has 1 aromatic rings. The zero-order chi connectivity index (χ0) is 13.0. The van der Waals surface area contributed by atoms with Crippen LogP contribution in [0.5, 0.6) is 0 Å². The molecule has 0 saturated carbocycles. The molecule has 94 valence electrons. The second kappa shape index (κ2) is 6.24. The standard InChI is InChI=1S/C12H15Cl2NO2/c1-7(5-12(16)17)4-11(15)9-3-2-8(13)6-10(9)14/h2-3,6-7,11H,4-5,15H2,1H3,(H,16,17). The second-order valence-corrected chi connectivity index (χ2v) is 5.05. The number of rotatable bonds is 5. The van der Waals surface area contributed by atoms with Gasteiger partial charge >= 0.3 is 5.97 Å². The third-order valence-electron chi connectivity index (χ3n) is 2.54. The molecule has 0 bridgehead atoms. The molecule has 0 heterocycles. The smallest absolute Gasteiger partial charge is 0.303 e. The number of halogens is 2. The van der Waals surface area contributed by atoms with Gasteiger partial charge in [0.05, 0.1) is 0 Å². The minimum Gasteiger partial charge on any atom is -0.481 e. The molecule has 0 fully saturated rings. The van der Waals surface area contributed by atoms with Crippen LogP contribution in [-0.2, 0) is 4.79 Å². The Labute approximate surface area is 111 Å². The van der Waals surface area contributed by atoms with Gasteiger partial charge in [-0.3, -0.25) is 4.79 Å². The lowest BCUT2D eigenvalue weighted by Crippen LogP contribution is -2.16. The van der Waals surface area contributed by atoms with Crippen molar-refractivity contribution in [2.75, 3.05) is 0 Å². The van der Waals surface area contributed by atoms with Gasteiger partial charge in [0, 0.05) is 22.5 Å². The highest BCUT2D eigenvalue weighted by Gasteiger charge is 2.16. The summed E-state index contributed by atoms with van der Waals surface area (Å²) < 4.78 is 0. The van der Waals surface area contributed by atoms with Crippen LogP contribution in [-0.4, -0.2) is 11.1 Å². The average molecular weight is 276 g/mol. The molecule has 17 heavy (non-hydrogen) atoms. The normalized spacial score (nSPS) is 14.4. The monoisotopic (exact) mass is 275 g/mol. The fourth-order valence-corrected chi connectivity index (χ4v) is 2.29. The highest BCUT2D eigenvalue weighted by atomic mass is 35.5. The van der Waals surface area contributed by atoms with Crippen molar-refractivity contribution in [1.82, 2.24) is 0 Å². The Hall–Kier alpha value is -0.770. The van der Waals surface area contributed by atoms with E-state index in [1.807, 2.05) is 6.92 Å². The maximum Gasteiger partial charge on any atom is 0.303 e. The Bertz CT molecular complexity index is 409. The van der Waals surface area contributed by atoms with Gasteiger partial charge in [-0.2, -0.15) is 0 Å². The molecule has 0 aliphatic carbocycles. The summed E-state index contributed by atoms with van der Waals surface area (Å²) in [7, 11) is 0. The topological polar surface area (TPSA) is 63.3 Å². The number of hydrogen-bond acceptors (Lipinski definition) is 2. The summed E-state index contributed by atoms with van der Waals surface area (Å²) in [6.07, 6.45) is 0.687. The van der Waals surface area contributed by atoms with Crippen molar-refractivity contribution in [3.8, 4) is 0 Å². The summed E-state index contributed by atoms with van der Waals surface area (Å²) >= 11 is 11.8. The number of carboxylic acid groups (broad SMARTS) is 1. The van der Waals surface area contributed by atoms with Gasteiger partial charge in [0.1, 0.15) is 0 Å². The highest BCUT2D eigenvalue weighted by molar-refractivity contribution is 6.35. The summed E-state index contributed by atoms with van der Waals surface area (Å²) in [4.78, 5) is 10.6. The van der Waals surface area contributed by atoms with Crippen LogP contribution in [0.15, 0.2) is 18.2 Å². The van der Waals surface area contributed by atoms with Gasteiger partial charge in [-0.05, 0) is 30.0 Å². The molecule has 3 nitrogen and oxygen atoms in total. The SMILES string of the molecule is CC(CC(=O)O)CC(N)c1ccc(Cl)cc1Cl. The number of benzene rings is 1. The minimum atomic E-state index is -0.813. The Morgan fingerprint density at radius 1 is 1.47 bits per heavy atom. The maximum atomic E-state index is 10.6. The summed E-state index contributed by atoms with van der Waals surface area (Å²) in [6, 6.07) is 4.88. The number of aliphatic carboxylic acids is 1. The summed E-state index contributed by atoms with van der Waals surface area (Å²) in [5, 5.41) is 9.75. The lowest BCUT2D eigenvalue weighted by atomic mass is 9.94. The van der Waals surface area contributed by atoms with Crippen LogP contribution in [0.3, 0.4) is 0 Å². The van der Waals surface area contributed by atoms with Crippen molar-refractivity contribution < 1.29 is 9.90 Å². The molecule has 0 aliphatic heterocycles. The first kappa shape index (κ1) is 14.3. The zero-order valence-corrected chi connectivity index (χ0v) is 11.0. The molecule has 0 amide bonds. The van der Waals surface area contributed by atoms with E-state index >= 15 is 0 Å². The summed E-state index contributed by atoms with van der Waals surface area (Å²) in [5.41, 5.74) is 6.80. The van der Waals surface area contributed by atoms with Gasteiger partial charge in [0.2, 0.25) is 0 Å². The van der Waals surface area contributed by atoms with Crippen LogP contribution < -0.4 is 5.73 Å². The van der Waals surface area contributed by atoms with E-state index < -0.39 is 5.97 Å². The highest BCUT2D eigenvalue weighted by Crippen LogP contribution is 2.29. The van der Waals surface area contributed by atoms with E-state index in [1.165, 1.54) is 0 Å². The molecule has 0 spiro atoms. The number of carbonyl (C=O) groups is 1. The molecular formula is C12H15Cl2NO2. The van der Waals surface area contributed by atoms with Crippen LogP contribution in [0.1, 0.15) is 31.4 Å². The molecule has 0 aromatic heterocycles. The maximum absolute atomic E-state index is 10.6. The lowest BCUT2D eigenvalue weighted by Gasteiger charge is -2.17. The quantitative estimate of drug-likeness (QED) is 0.865. The van der Waals surface area contributed by atoms with E-state index in [-0.39, 0.29) is 18.4 Å². The molecule has 0 radical (unpaired) electrons. The van der Waals surface area contributed by atoms with Crippen LogP contribution in [0.2, 0.25) is 10.0 Å². The van der Waals surface area contributed by atoms with Crippen molar-refractivity contribution in [1.29, 1.82) is 0 Å². The Morgan fingerprint density at radius 3 is 2.65 bits per heavy atom. The predicted molar refractivity (Wildman–Crippen MR) is 69.4 cm³/mol. The van der Waals surface area contributed by atoms with Crippen molar-refractivity contribution in [3.05, 3.63) is 33.8 Å². The van der Waals surface area contributed by atoms with Gasteiger partial charge in [0.25, 0.3) is 0 Å². The molecule has 3 N–H and O–H groups in total. The predicted octanol–water partition coefficient (Wildman–Crippen LogP) is 3.49. The van der Waals surface area contributed by atoms with Crippen LogP contribution in [0.4, 0.5) is 0 Å². The van der Waals surface area contributed by atoms with Crippen LogP contribution in [0, 0.1) is 5.92 Å². The first-order chi connectivity index (χ1) is 7.90. The Kier molecular flexibility index (Phi) is 5.25. The van der Waals surface area contributed by atoms with E-state index in [0.29, 0.717) is 16.5 Å². The first-order valence-corrected chi connectivity index (χ1v) is 6.08. The van der Waals surface area contributed by atoms with Gasteiger partial charge in [-0.15, -0.1) is 0 Å². The molecule has 0 aliphatic rings. The van der Waals surface area contributed by atoms with E-state index in [4.69, 9.17) is 34.0 Å². The van der Waals surface area contributed by atoms with Gasteiger partial charge in [0.15, 0.2) is 0 Å². The van der Waals surface area contributed by atoms with Crippen molar-refractivity contribution in [2.45, 2.75) is 25.8 Å². The van der Waals surface area contributed by atoms with E-state index in [1.54, 1.807) is 18.2 Å². The molecular weight excluding hydrogens is 261 g/mol. The fraction of sp³-hybridized carbons (Fsp3) is 0.417. The summed E-state index contributed by atoms with van der Waals surface area (Å²) in [5.74, 6) is -0.804. The van der Waals surface area contributed by atoms with E-state index in [0.717, 1.165) is 5.56 Å². The number of hydrogen-bond donors (Lipinski definition) is 2.